The first-order valence-corrected chi connectivity index (χ1v) is 5.04. The van der Waals surface area contributed by atoms with Gasteiger partial charge in [0, 0.05) is 16.9 Å². The second-order valence-corrected chi connectivity index (χ2v) is 3.77. The van der Waals surface area contributed by atoms with E-state index in [1.165, 1.54) is 12.1 Å². The second kappa shape index (κ2) is 5.14. The summed E-state index contributed by atoms with van der Waals surface area (Å²) in [6.45, 7) is 0. The van der Waals surface area contributed by atoms with Crippen LogP contribution in [0.2, 0.25) is 0 Å². The van der Waals surface area contributed by atoms with Gasteiger partial charge < -0.3 is 5.32 Å². The third kappa shape index (κ3) is 2.57. The number of hydrogen-bond donors (Lipinski definition) is 1. The highest BCUT2D eigenvalue weighted by Gasteiger charge is 2.11. The standard InChI is InChI=1S/C11H11BrFN/c1-3-4-11(14-2)9-7-8(13)5-6-10(9)12/h1,5-7,11,14H,4H2,2H3. The van der Waals surface area contributed by atoms with E-state index in [2.05, 4.69) is 27.2 Å². The Labute approximate surface area is 91.8 Å². The van der Waals surface area contributed by atoms with Crippen LogP contribution in [0, 0.1) is 18.2 Å². The summed E-state index contributed by atoms with van der Waals surface area (Å²) in [5.74, 6) is 2.31. The highest BCUT2D eigenvalue weighted by atomic mass is 79.9. The molecule has 0 saturated heterocycles. The summed E-state index contributed by atoms with van der Waals surface area (Å²) in [6.07, 6.45) is 5.77. The van der Waals surface area contributed by atoms with Crippen molar-refractivity contribution >= 4 is 15.9 Å². The maximum absolute atomic E-state index is 13.0. The predicted molar refractivity (Wildman–Crippen MR) is 59.4 cm³/mol. The Morgan fingerprint density at radius 1 is 1.64 bits per heavy atom. The van der Waals surface area contributed by atoms with Crippen LogP contribution in [0.4, 0.5) is 4.39 Å². The minimum atomic E-state index is -0.250. The lowest BCUT2D eigenvalue weighted by Crippen LogP contribution is -2.16. The Balaban J connectivity index is 3.03. The Morgan fingerprint density at radius 2 is 2.36 bits per heavy atom. The van der Waals surface area contributed by atoms with Crippen LogP contribution in [0.5, 0.6) is 0 Å². The molecule has 0 aliphatic carbocycles. The van der Waals surface area contributed by atoms with Crippen molar-refractivity contribution in [1.82, 2.24) is 5.32 Å². The van der Waals surface area contributed by atoms with E-state index in [4.69, 9.17) is 6.42 Å². The van der Waals surface area contributed by atoms with E-state index >= 15 is 0 Å². The summed E-state index contributed by atoms with van der Waals surface area (Å²) in [5.41, 5.74) is 0.852. The van der Waals surface area contributed by atoms with Crippen molar-refractivity contribution in [3.05, 3.63) is 34.1 Å². The van der Waals surface area contributed by atoms with Gasteiger partial charge in [-0.3, -0.25) is 0 Å². The van der Waals surface area contributed by atoms with Crippen LogP contribution < -0.4 is 5.32 Å². The van der Waals surface area contributed by atoms with Gasteiger partial charge in [0.25, 0.3) is 0 Å². The first-order chi connectivity index (χ1) is 6.69. The molecule has 0 saturated carbocycles. The van der Waals surface area contributed by atoms with E-state index in [1.807, 2.05) is 0 Å². The predicted octanol–water partition coefficient (Wildman–Crippen LogP) is 2.87. The quantitative estimate of drug-likeness (QED) is 0.820. The summed E-state index contributed by atoms with van der Waals surface area (Å²) >= 11 is 3.37. The maximum atomic E-state index is 13.0. The molecule has 0 aromatic heterocycles. The van der Waals surface area contributed by atoms with Crippen molar-refractivity contribution in [1.29, 1.82) is 0 Å². The molecule has 1 atom stereocenters. The lowest BCUT2D eigenvalue weighted by Gasteiger charge is -2.15. The number of terminal acetylenes is 1. The van der Waals surface area contributed by atoms with E-state index in [1.54, 1.807) is 13.1 Å². The largest absolute Gasteiger partial charge is 0.312 e. The van der Waals surface area contributed by atoms with Gasteiger partial charge in [-0.05, 0) is 30.8 Å². The van der Waals surface area contributed by atoms with Crippen molar-refractivity contribution < 1.29 is 4.39 Å². The minimum absolute atomic E-state index is 0.00919. The van der Waals surface area contributed by atoms with Crippen LogP contribution in [-0.2, 0) is 0 Å². The molecule has 1 aromatic rings. The van der Waals surface area contributed by atoms with Crippen molar-refractivity contribution in [2.45, 2.75) is 12.5 Å². The van der Waals surface area contributed by atoms with Gasteiger partial charge in [0.2, 0.25) is 0 Å². The minimum Gasteiger partial charge on any atom is -0.312 e. The van der Waals surface area contributed by atoms with Gasteiger partial charge in [-0.2, -0.15) is 0 Å². The van der Waals surface area contributed by atoms with E-state index in [0.29, 0.717) is 6.42 Å². The van der Waals surface area contributed by atoms with Crippen LogP contribution in [0.25, 0.3) is 0 Å². The van der Waals surface area contributed by atoms with Crippen LogP contribution >= 0.6 is 15.9 Å². The first-order valence-electron chi connectivity index (χ1n) is 4.24. The van der Waals surface area contributed by atoms with Crippen molar-refractivity contribution in [2.24, 2.45) is 0 Å². The second-order valence-electron chi connectivity index (χ2n) is 2.92. The summed E-state index contributed by atoms with van der Waals surface area (Å²) in [4.78, 5) is 0. The Hall–Kier alpha value is -0.850. The van der Waals surface area contributed by atoms with E-state index in [-0.39, 0.29) is 11.9 Å². The van der Waals surface area contributed by atoms with Crippen molar-refractivity contribution in [2.75, 3.05) is 7.05 Å². The van der Waals surface area contributed by atoms with Crippen molar-refractivity contribution in [3.8, 4) is 12.3 Å². The molecule has 1 aromatic carbocycles. The fourth-order valence-corrected chi connectivity index (χ4v) is 1.79. The fraction of sp³-hybridized carbons (Fsp3) is 0.273. The summed E-state index contributed by atoms with van der Waals surface area (Å²) in [5, 5.41) is 3.05. The number of hydrogen-bond acceptors (Lipinski definition) is 1. The molecule has 3 heteroatoms. The average molecular weight is 256 g/mol. The molecule has 0 bridgehead atoms. The molecular weight excluding hydrogens is 245 g/mol. The van der Waals surface area contributed by atoms with Gasteiger partial charge in [-0.25, -0.2) is 4.39 Å². The number of nitrogens with one attached hydrogen (secondary N) is 1. The molecule has 0 radical (unpaired) electrons. The third-order valence-corrected chi connectivity index (χ3v) is 2.73. The SMILES string of the molecule is C#CCC(NC)c1cc(F)ccc1Br. The van der Waals surface area contributed by atoms with Gasteiger partial charge in [0.15, 0.2) is 0 Å². The zero-order chi connectivity index (χ0) is 10.6. The summed E-state index contributed by atoms with van der Waals surface area (Å²) < 4.78 is 13.9. The molecule has 1 nitrogen and oxygen atoms in total. The topological polar surface area (TPSA) is 12.0 Å². The van der Waals surface area contributed by atoms with E-state index in [0.717, 1.165) is 10.0 Å². The Bertz CT molecular complexity index is 357. The first kappa shape index (κ1) is 11.2. The van der Waals surface area contributed by atoms with Gasteiger partial charge in [-0.15, -0.1) is 12.3 Å². The van der Waals surface area contributed by atoms with Gasteiger partial charge in [0.05, 0.1) is 0 Å². The number of rotatable bonds is 3. The van der Waals surface area contributed by atoms with Crippen LogP contribution in [-0.4, -0.2) is 7.05 Å². The monoisotopic (exact) mass is 255 g/mol. The van der Waals surface area contributed by atoms with Gasteiger partial charge in [-0.1, -0.05) is 15.9 Å². The van der Waals surface area contributed by atoms with Crippen LogP contribution in [0.3, 0.4) is 0 Å². The van der Waals surface area contributed by atoms with Crippen LogP contribution in [0.1, 0.15) is 18.0 Å². The molecule has 14 heavy (non-hydrogen) atoms. The molecule has 1 unspecified atom stereocenters. The molecule has 0 heterocycles. The lowest BCUT2D eigenvalue weighted by atomic mass is 10.0. The molecule has 0 fully saturated rings. The van der Waals surface area contributed by atoms with Gasteiger partial charge >= 0.3 is 0 Å². The molecule has 0 amide bonds. The van der Waals surface area contributed by atoms with E-state index < -0.39 is 0 Å². The Morgan fingerprint density at radius 3 is 2.93 bits per heavy atom. The van der Waals surface area contributed by atoms with Gasteiger partial charge in [0.1, 0.15) is 5.82 Å². The zero-order valence-electron chi connectivity index (χ0n) is 7.85. The lowest BCUT2D eigenvalue weighted by molar-refractivity contribution is 0.588. The third-order valence-electron chi connectivity index (χ3n) is 2.00. The molecule has 0 aliphatic heterocycles. The molecule has 1 rings (SSSR count). The molecule has 0 spiro atoms. The van der Waals surface area contributed by atoms with E-state index in [9.17, 15) is 4.39 Å². The maximum Gasteiger partial charge on any atom is 0.123 e. The number of halogens is 2. The highest BCUT2D eigenvalue weighted by molar-refractivity contribution is 9.10. The average Bonchev–Trinajstić information content (AvgIpc) is 2.18. The molecule has 1 N–H and O–H groups in total. The molecule has 74 valence electrons. The fourth-order valence-electron chi connectivity index (χ4n) is 1.27. The summed E-state index contributed by atoms with van der Waals surface area (Å²) in [6, 6.07) is 4.58. The smallest absolute Gasteiger partial charge is 0.123 e. The molecule has 0 aliphatic rings. The highest BCUT2D eigenvalue weighted by Crippen LogP contribution is 2.25. The van der Waals surface area contributed by atoms with Crippen LogP contribution in [0.15, 0.2) is 22.7 Å². The zero-order valence-corrected chi connectivity index (χ0v) is 9.44. The van der Waals surface area contributed by atoms with Crippen molar-refractivity contribution in [3.63, 3.8) is 0 Å². The number of benzene rings is 1. The summed E-state index contributed by atoms with van der Waals surface area (Å²) in [7, 11) is 1.80. The normalized spacial score (nSPS) is 12.1. The Kier molecular flexibility index (Phi) is 4.12. The molecular formula is C11H11BrFN.